The molecule has 0 aliphatic heterocycles. The van der Waals surface area contributed by atoms with Gasteiger partial charge in [-0.05, 0) is 63.3 Å². The highest BCUT2D eigenvalue weighted by Gasteiger charge is 2.30. The third-order valence-corrected chi connectivity index (χ3v) is 3.94. The van der Waals surface area contributed by atoms with Crippen molar-refractivity contribution < 1.29 is 0 Å². The lowest BCUT2D eigenvalue weighted by Gasteiger charge is -2.30. The number of nitrogens with one attached hydrogen (secondary N) is 1. The maximum absolute atomic E-state index is 6.23. The van der Waals surface area contributed by atoms with Gasteiger partial charge in [0.25, 0.3) is 0 Å². The van der Waals surface area contributed by atoms with Gasteiger partial charge in [-0.3, -0.25) is 0 Å². The summed E-state index contributed by atoms with van der Waals surface area (Å²) in [4.78, 5) is 2.58. The maximum Gasteiger partial charge on any atom is 0.0415 e. The van der Waals surface area contributed by atoms with Crippen LogP contribution in [-0.2, 0) is 6.54 Å². The average molecular weight is 309 g/mol. The zero-order valence-corrected chi connectivity index (χ0v) is 14.8. The Labute approximate surface area is 134 Å². The average Bonchev–Trinajstić information content (AvgIpc) is 3.17. The lowest BCUT2D eigenvalue weighted by Crippen LogP contribution is -2.36. The molecule has 1 fully saturated rings. The molecule has 0 amide bonds. The molecule has 0 aromatic heterocycles. The van der Waals surface area contributed by atoms with Crippen LogP contribution in [0.5, 0.6) is 0 Å². The molecular formula is C18H29ClN2. The second-order valence-electron chi connectivity index (χ2n) is 7.65. The van der Waals surface area contributed by atoms with Crippen molar-refractivity contribution in [2.75, 3.05) is 11.4 Å². The molecule has 1 N–H and O–H groups in total. The second kappa shape index (κ2) is 6.58. The van der Waals surface area contributed by atoms with Gasteiger partial charge >= 0.3 is 0 Å². The van der Waals surface area contributed by atoms with Gasteiger partial charge in [-0.1, -0.05) is 25.4 Å². The number of rotatable bonds is 6. The van der Waals surface area contributed by atoms with Gasteiger partial charge < -0.3 is 10.2 Å². The third-order valence-electron chi connectivity index (χ3n) is 3.71. The highest BCUT2D eigenvalue weighted by atomic mass is 35.5. The molecule has 1 aromatic carbocycles. The number of halogens is 1. The van der Waals surface area contributed by atoms with E-state index in [9.17, 15) is 0 Å². The van der Waals surface area contributed by atoms with Crippen LogP contribution in [0.15, 0.2) is 18.2 Å². The number of hydrogen-bond acceptors (Lipinski definition) is 2. The number of nitrogens with zero attached hydrogens (tertiary/aromatic N) is 1. The predicted molar refractivity (Wildman–Crippen MR) is 93.3 cm³/mol. The minimum Gasteiger partial charge on any atom is -0.368 e. The van der Waals surface area contributed by atoms with Crippen LogP contribution in [0.1, 0.15) is 53.0 Å². The van der Waals surface area contributed by atoms with Crippen molar-refractivity contribution in [1.29, 1.82) is 0 Å². The largest absolute Gasteiger partial charge is 0.368 e. The van der Waals surface area contributed by atoms with Crippen LogP contribution in [0.4, 0.5) is 5.69 Å². The second-order valence-corrected chi connectivity index (χ2v) is 8.09. The van der Waals surface area contributed by atoms with Crippen molar-refractivity contribution in [2.24, 2.45) is 5.92 Å². The first-order valence-electron chi connectivity index (χ1n) is 8.06. The summed E-state index contributed by atoms with van der Waals surface area (Å²) in [7, 11) is 0. The summed E-state index contributed by atoms with van der Waals surface area (Å²) < 4.78 is 0. The van der Waals surface area contributed by atoms with Crippen molar-refractivity contribution in [3.63, 3.8) is 0 Å². The molecule has 0 spiro atoms. The number of hydrogen-bond donors (Lipinski definition) is 1. The molecule has 2 nitrogen and oxygen atoms in total. The van der Waals surface area contributed by atoms with Crippen LogP contribution >= 0.6 is 11.6 Å². The van der Waals surface area contributed by atoms with E-state index < -0.39 is 0 Å². The van der Waals surface area contributed by atoms with E-state index >= 15 is 0 Å². The fraction of sp³-hybridized carbons (Fsp3) is 0.667. The molecule has 118 valence electrons. The van der Waals surface area contributed by atoms with Gasteiger partial charge in [-0.25, -0.2) is 0 Å². The molecule has 1 aliphatic rings. The monoisotopic (exact) mass is 308 g/mol. The Morgan fingerprint density at radius 1 is 1.29 bits per heavy atom. The molecular weight excluding hydrogens is 280 g/mol. The molecule has 1 saturated carbocycles. The molecule has 0 bridgehead atoms. The van der Waals surface area contributed by atoms with Gasteiger partial charge in [-0.15, -0.1) is 0 Å². The highest BCUT2D eigenvalue weighted by molar-refractivity contribution is 6.30. The van der Waals surface area contributed by atoms with Crippen LogP contribution in [-0.4, -0.2) is 18.1 Å². The highest BCUT2D eigenvalue weighted by Crippen LogP contribution is 2.35. The first kappa shape index (κ1) is 16.6. The number of benzene rings is 1. The van der Waals surface area contributed by atoms with Gasteiger partial charge in [0, 0.05) is 35.4 Å². The zero-order chi connectivity index (χ0) is 15.6. The van der Waals surface area contributed by atoms with Gasteiger partial charge in [-0.2, -0.15) is 0 Å². The van der Waals surface area contributed by atoms with E-state index in [0.29, 0.717) is 5.92 Å². The SMILES string of the molecule is CC(C)CN(c1ccc(Cl)cc1CNC(C)(C)C)C1CC1. The lowest BCUT2D eigenvalue weighted by molar-refractivity contribution is 0.424. The lowest BCUT2D eigenvalue weighted by atomic mass is 10.1. The van der Waals surface area contributed by atoms with Crippen molar-refractivity contribution in [2.45, 2.75) is 65.6 Å². The summed E-state index contributed by atoms with van der Waals surface area (Å²) in [5, 5.41) is 4.41. The molecule has 1 aromatic rings. The molecule has 1 aliphatic carbocycles. The molecule has 0 atom stereocenters. The van der Waals surface area contributed by atoms with E-state index in [1.807, 2.05) is 6.07 Å². The van der Waals surface area contributed by atoms with E-state index in [-0.39, 0.29) is 5.54 Å². The van der Waals surface area contributed by atoms with Crippen LogP contribution in [0.25, 0.3) is 0 Å². The summed E-state index contributed by atoms with van der Waals surface area (Å²) in [6.45, 7) is 13.2. The smallest absolute Gasteiger partial charge is 0.0415 e. The number of anilines is 1. The predicted octanol–water partition coefficient (Wildman–Crippen LogP) is 4.85. The van der Waals surface area contributed by atoms with E-state index in [4.69, 9.17) is 11.6 Å². The Kier molecular flexibility index (Phi) is 5.21. The molecule has 2 rings (SSSR count). The van der Waals surface area contributed by atoms with E-state index in [1.165, 1.54) is 24.1 Å². The van der Waals surface area contributed by atoms with Gasteiger partial charge in [0.15, 0.2) is 0 Å². The van der Waals surface area contributed by atoms with Crippen molar-refractivity contribution >= 4 is 17.3 Å². The minimum atomic E-state index is 0.113. The van der Waals surface area contributed by atoms with Crippen LogP contribution in [0, 0.1) is 5.92 Å². The van der Waals surface area contributed by atoms with E-state index in [1.54, 1.807) is 0 Å². The Morgan fingerprint density at radius 2 is 1.95 bits per heavy atom. The van der Waals surface area contributed by atoms with E-state index in [2.05, 4.69) is 57.0 Å². The Morgan fingerprint density at radius 3 is 2.48 bits per heavy atom. The molecule has 0 radical (unpaired) electrons. The van der Waals surface area contributed by atoms with Gasteiger partial charge in [0.05, 0.1) is 0 Å². The Balaban J connectivity index is 2.23. The summed E-state index contributed by atoms with van der Waals surface area (Å²) in [6.07, 6.45) is 2.64. The van der Waals surface area contributed by atoms with Gasteiger partial charge in [0.2, 0.25) is 0 Å². The molecule has 0 saturated heterocycles. The third kappa shape index (κ3) is 5.19. The zero-order valence-electron chi connectivity index (χ0n) is 14.0. The Hall–Kier alpha value is -0.730. The summed E-state index contributed by atoms with van der Waals surface area (Å²) >= 11 is 6.23. The van der Waals surface area contributed by atoms with Crippen molar-refractivity contribution in [1.82, 2.24) is 5.32 Å². The van der Waals surface area contributed by atoms with Gasteiger partial charge in [0.1, 0.15) is 0 Å². The first-order valence-corrected chi connectivity index (χ1v) is 8.44. The first-order chi connectivity index (χ1) is 9.76. The van der Waals surface area contributed by atoms with Crippen LogP contribution in [0.3, 0.4) is 0 Å². The normalized spacial score (nSPS) is 15.6. The van der Waals surface area contributed by atoms with Crippen molar-refractivity contribution in [3.05, 3.63) is 28.8 Å². The van der Waals surface area contributed by atoms with E-state index in [0.717, 1.165) is 24.2 Å². The molecule has 21 heavy (non-hydrogen) atoms. The molecule has 0 unspecified atom stereocenters. The minimum absolute atomic E-state index is 0.113. The summed E-state index contributed by atoms with van der Waals surface area (Å²) in [5.74, 6) is 0.671. The fourth-order valence-electron chi connectivity index (χ4n) is 2.56. The Bertz CT molecular complexity index is 473. The summed E-state index contributed by atoms with van der Waals surface area (Å²) in [6, 6.07) is 7.06. The summed E-state index contributed by atoms with van der Waals surface area (Å²) in [5.41, 5.74) is 2.78. The fourth-order valence-corrected chi connectivity index (χ4v) is 2.75. The molecule has 3 heteroatoms. The van der Waals surface area contributed by atoms with Crippen molar-refractivity contribution in [3.8, 4) is 0 Å². The van der Waals surface area contributed by atoms with Crippen LogP contribution in [0.2, 0.25) is 5.02 Å². The maximum atomic E-state index is 6.23. The quantitative estimate of drug-likeness (QED) is 0.808. The standard InChI is InChI=1S/C18H29ClN2/c1-13(2)12-21(16-7-8-16)17-9-6-15(19)10-14(17)11-20-18(3,4)5/h6,9-10,13,16,20H,7-8,11-12H2,1-5H3. The van der Waals surface area contributed by atoms with Crippen LogP contribution < -0.4 is 10.2 Å². The topological polar surface area (TPSA) is 15.3 Å². The molecule has 0 heterocycles.